The molecular weight excluding hydrogens is 214 g/mol. The van der Waals surface area contributed by atoms with Crippen LogP contribution in [0.1, 0.15) is 18.4 Å². The van der Waals surface area contributed by atoms with E-state index in [-0.39, 0.29) is 6.79 Å². The summed E-state index contributed by atoms with van der Waals surface area (Å²) in [5.74, 6) is 1.42. The van der Waals surface area contributed by atoms with E-state index in [0.29, 0.717) is 10.8 Å². The van der Waals surface area contributed by atoms with Crippen LogP contribution in [0.5, 0.6) is 11.5 Å². The van der Waals surface area contributed by atoms with Gasteiger partial charge in [0, 0.05) is 0 Å². The highest BCUT2D eigenvalue weighted by molar-refractivity contribution is 6.32. The molecule has 0 bridgehead atoms. The molecule has 1 aromatic carbocycles. The number of unbranched alkanes of at least 4 members (excludes halogenated alkanes) is 1. The van der Waals surface area contributed by atoms with Crippen LogP contribution in [0, 0.1) is 0 Å². The lowest BCUT2D eigenvalue weighted by Crippen LogP contribution is -1.99. The third kappa shape index (κ3) is 2.36. The first-order valence-electron chi connectivity index (χ1n) is 5.09. The van der Waals surface area contributed by atoms with E-state index in [1.54, 1.807) is 0 Å². The zero-order chi connectivity index (χ0) is 10.7. The summed E-state index contributed by atoms with van der Waals surface area (Å²) in [6.07, 6.45) is 3.09. The maximum Gasteiger partial charge on any atom is 0.231 e. The van der Waals surface area contributed by atoms with Crippen molar-refractivity contribution in [3.05, 3.63) is 22.7 Å². The van der Waals surface area contributed by atoms with Crippen LogP contribution in [0.15, 0.2) is 12.1 Å². The number of hydrogen-bond donors (Lipinski definition) is 1. The van der Waals surface area contributed by atoms with Gasteiger partial charge in [-0.2, -0.15) is 0 Å². The van der Waals surface area contributed by atoms with Crippen LogP contribution < -0.4 is 15.2 Å². The van der Waals surface area contributed by atoms with Gasteiger partial charge in [-0.3, -0.25) is 0 Å². The van der Waals surface area contributed by atoms with Crippen LogP contribution in [0.25, 0.3) is 0 Å². The lowest BCUT2D eigenvalue weighted by atomic mass is 10.1. The molecule has 0 unspecified atom stereocenters. The number of rotatable bonds is 4. The number of halogens is 1. The molecule has 2 N–H and O–H groups in total. The van der Waals surface area contributed by atoms with Gasteiger partial charge < -0.3 is 15.2 Å². The Labute approximate surface area is 94.1 Å². The first-order valence-corrected chi connectivity index (χ1v) is 5.47. The van der Waals surface area contributed by atoms with E-state index < -0.39 is 0 Å². The van der Waals surface area contributed by atoms with Crippen molar-refractivity contribution in [2.24, 2.45) is 5.73 Å². The fourth-order valence-corrected chi connectivity index (χ4v) is 1.93. The molecule has 0 spiro atoms. The molecule has 2 rings (SSSR count). The molecule has 1 heterocycles. The Morgan fingerprint density at radius 2 is 2.13 bits per heavy atom. The minimum absolute atomic E-state index is 0.265. The van der Waals surface area contributed by atoms with E-state index in [9.17, 15) is 0 Å². The van der Waals surface area contributed by atoms with Gasteiger partial charge in [0.15, 0.2) is 11.5 Å². The largest absolute Gasteiger partial charge is 0.454 e. The van der Waals surface area contributed by atoms with E-state index in [2.05, 4.69) is 0 Å². The average Bonchev–Trinajstić information content (AvgIpc) is 2.66. The van der Waals surface area contributed by atoms with Crippen molar-refractivity contribution in [3.8, 4) is 11.5 Å². The second-order valence-corrected chi connectivity index (χ2v) is 3.96. The van der Waals surface area contributed by atoms with E-state index in [0.717, 1.165) is 31.6 Å². The molecule has 0 saturated carbocycles. The number of aryl methyl sites for hydroxylation is 1. The average molecular weight is 228 g/mol. The highest BCUT2D eigenvalue weighted by Crippen LogP contribution is 2.39. The van der Waals surface area contributed by atoms with Crippen molar-refractivity contribution in [2.75, 3.05) is 13.3 Å². The second kappa shape index (κ2) is 4.73. The smallest absolute Gasteiger partial charge is 0.231 e. The number of fused-ring (bicyclic) bond motifs is 1. The van der Waals surface area contributed by atoms with Crippen molar-refractivity contribution in [1.29, 1.82) is 0 Å². The zero-order valence-electron chi connectivity index (χ0n) is 8.46. The molecule has 1 aliphatic heterocycles. The first kappa shape index (κ1) is 10.6. The molecule has 3 nitrogen and oxygen atoms in total. The second-order valence-electron chi connectivity index (χ2n) is 3.56. The molecule has 15 heavy (non-hydrogen) atoms. The van der Waals surface area contributed by atoms with Crippen molar-refractivity contribution < 1.29 is 9.47 Å². The molecule has 82 valence electrons. The predicted octanol–water partition coefficient (Wildman–Crippen LogP) is 2.35. The molecule has 0 aliphatic carbocycles. The highest BCUT2D eigenvalue weighted by Gasteiger charge is 2.17. The molecule has 0 amide bonds. The Hall–Kier alpha value is -0.930. The van der Waals surface area contributed by atoms with Gasteiger partial charge in [0.05, 0.1) is 5.02 Å². The molecule has 4 heteroatoms. The van der Waals surface area contributed by atoms with Crippen LogP contribution in [0.4, 0.5) is 0 Å². The van der Waals surface area contributed by atoms with Gasteiger partial charge in [0.25, 0.3) is 0 Å². The molecule has 0 radical (unpaired) electrons. The Kier molecular flexibility index (Phi) is 3.34. The van der Waals surface area contributed by atoms with Gasteiger partial charge in [-0.05, 0) is 43.5 Å². The van der Waals surface area contributed by atoms with Crippen LogP contribution in [0.3, 0.4) is 0 Å². The highest BCUT2D eigenvalue weighted by atomic mass is 35.5. The molecule has 0 fully saturated rings. The summed E-state index contributed by atoms with van der Waals surface area (Å²) < 4.78 is 10.5. The molecular formula is C11H14ClNO2. The normalized spacial score (nSPS) is 13.2. The van der Waals surface area contributed by atoms with Gasteiger partial charge in [-0.15, -0.1) is 0 Å². The van der Waals surface area contributed by atoms with Gasteiger partial charge in [-0.25, -0.2) is 0 Å². The monoisotopic (exact) mass is 227 g/mol. The van der Waals surface area contributed by atoms with Gasteiger partial charge in [-0.1, -0.05) is 11.6 Å². The third-order valence-electron chi connectivity index (χ3n) is 2.41. The number of hydrogen-bond acceptors (Lipinski definition) is 3. The standard InChI is InChI=1S/C11H14ClNO2/c12-9-5-8(3-1-2-4-13)6-10-11(9)15-7-14-10/h5-6H,1-4,7,13H2. The van der Waals surface area contributed by atoms with Crippen molar-refractivity contribution >= 4 is 11.6 Å². The molecule has 0 atom stereocenters. The molecule has 0 aromatic heterocycles. The van der Waals surface area contributed by atoms with Gasteiger partial charge in [0.1, 0.15) is 0 Å². The SMILES string of the molecule is NCCCCc1cc(Cl)c2c(c1)OCO2. The fourth-order valence-electron chi connectivity index (χ4n) is 1.64. The summed E-state index contributed by atoms with van der Waals surface area (Å²) in [5, 5.41) is 0.632. The Morgan fingerprint density at radius 1 is 1.27 bits per heavy atom. The van der Waals surface area contributed by atoms with Crippen LogP contribution in [-0.2, 0) is 6.42 Å². The summed E-state index contributed by atoms with van der Waals surface area (Å²) in [7, 11) is 0. The third-order valence-corrected chi connectivity index (χ3v) is 2.69. The summed E-state index contributed by atoms with van der Waals surface area (Å²) in [5.41, 5.74) is 6.62. The number of nitrogens with two attached hydrogens (primary N) is 1. The van der Waals surface area contributed by atoms with E-state index in [1.165, 1.54) is 5.56 Å². The van der Waals surface area contributed by atoms with Crippen LogP contribution in [0.2, 0.25) is 5.02 Å². The zero-order valence-corrected chi connectivity index (χ0v) is 9.22. The maximum atomic E-state index is 6.06. The number of ether oxygens (including phenoxy) is 2. The summed E-state index contributed by atoms with van der Waals surface area (Å²) >= 11 is 6.06. The number of benzene rings is 1. The van der Waals surface area contributed by atoms with E-state index in [1.807, 2.05) is 12.1 Å². The quantitative estimate of drug-likeness (QED) is 0.804. The summed E-state index contributed by atoms with van der Waals surface area (Å²) in [6.45, 7) is 1.000. The van der Waals surface area contributed by atoms with E-state index >= 15 is 0 Å². The minimum Gasteiger partial charge on any atom is -0.454 e. The van der Waals surface area contributed by atoms with Crippen LogP contribution >= 0.6 is 11.6 Å². The first-order chi connectivity index (χ1) is 7.31. The van der Waals surface area contributed by atoms with Crippen molar-refractivity contribution in [2.45, 2.75) is 19.3 Å². The predicted molar refractivity (Wildman–Crippen MR) is 59.6 cm³/mol. The maximum absolute atomic E-state index is 6.06. The van der Waals surface area contributed by atoms with E-state index in [4.69, 9.17) is 26.8 Å². The summed E-state index contributed by atoms with van der Waals surface area (Å²) in [4.78, 5) is 0. The Morgan fingerprint density at radius 3 is 2.93 bits per heavy atom. The minimum atomic E-state index is 0.265. The molecule has 1 aromatic rings. The topological polar surface area (TPSA) is 44.5 Å². The Bertz CT molecular complexity index is 355. The fraction of sp³-hybridized carbons (Fsp3) is 0.455. The summed E-state index contributed by atoms with van der Waals surface area (Å²) in [6, 6.07) is 3.93. The molecule has 1 aliphatic rings. The van der Waals surface area contributed by atoms with Crippen LogP contribution in [-0.4, -0.2) is 13.3 Å². The Balaban J connectivity index is 2.09. The van der Waals surface area contributed by atoms with Gasteiger partial charge >= 0.3 is 0 Å². The van der Waals surface area contributed by atoms with Gasteiger partial charge in [0.2, 0.25) is 6.79 Å². The lowest BCUT2D eigenvalue weighted by Gasteiger charge is -2.04. The lowest BCUT2D eigenvalue weighted by molar-refractivity contribution is 0.174. The molecule has 0 saturated heterocycles. The van der Waals surface area contributed by atoms with Crippen molar-refractivity contribution in [3.63, 3.8) is 0 Å². The van der Waals surface area contributed by atoms with Crippen molar-refractivity contribution in [1.82, 2.24) is 0 Å².